The molecule has 1 aromatic rings. The minimum absolute atomic E-state index is 0.168. The first-order valence-electron chi connectivity index (χ1n) is 6.81. The highest BCUT2D eigenvalue weighted by Crippen LogP contribution is 2.24. The second kappa shape index (κ2) is 7.88. The van der Waals surface area contributed by atoms with Crippen LogP contribution in [0.4, 0.5) is 0 Å². The van der Waals surface area contributed by atoms with Crippen LogP contribution >= 0.6 is 11.6 Å². The standard InChI is InChI=1S/C15H20ClNO4/c1-4-9(2)13(15(19)20)17-14(18)10(3)21-12-8-6-5-7-11(12)16/h5-10,13H,4H2,1-3H3,(H,17,18)(H,19,20)/t9?,10?,13-/m0/s1. The molecule has 21 heavy (non-hydrogen) atoms. The van der Waals surface area contributed by atoms with Gasteiger partial charge in [-0.25, -0.2) is 4.79 Å². The normalized spacial score (nSPS) is 14.9. The van der Waals surface area contributed by atoms with Gasteiger partial charge in [0.25, 0.3) is 5.91 Å². The number of carbonyl (C=O) groups is 2. The summed E-state index contributed by atoms with van der Waals surface area (Å²) < 4.78 is 5.46. The molecule has 0 spiro atoms. The second-order valence-electron chi connectivity index (χ2n) is 4.90. The first-order chi connectivity index (χ1) is 9.86. The van der Waals surface area contributed by atoms with E-state index in [-0.39, 0.29) is 5.92 Å². The van der Waals surface area contributed by atoms with Crippen molar-refractivity contribution in [2.24, 2.45) is 5.92 Å². The lowest BCUT2D eigenvalue weighted by molar-refractivity contribution is -0.144. The molecule has 3 atom stereocenters. The van der Waals surface area contributed by atoms with Gasteiger partial charge in [0.2, 0.25) is 0 Å². The molecular formula is C15H20ClNO4. The molecule has 5 nitrogen and oxygen atoms in total. The molecule has 0 aliphatic carbocycles. The minimum Gasteiger partial charge on any atom is -0.480 e. The largest absolute Gasteiger partial charge is 0.480 e. The monoisotopic (exact) mass is 313 g/mol. The number of carboxylic acids is 1. The van der Waals surface area contributed by atoms with E-state index >= 15 is 0 Å². The quantitative estimate of drug-likeness (QED) is 0.811. The lowest BCUT2D eigenvalue weighted by Gasteiger charge is -2.22. The molecule has 1 rings (SSSR count). The van der Waals surface area contributed by atoms with Gasteiger partial charge in [0.15, 0.2) is 6.10 Å². The van der Waals surface area contributed by atoms with Crippen molar-refractivity contribution in [2.45, 2.75) is 39.3 Å². The summed E-state index contributed by atoms with van der Waals surface area (Å²) in [6.45, 7) is 5.20. The number of benzene rings is 1. The second-order valence-corrected chi connectivity index (χ2v) is 5.31. The zero-order chi connectivity index (χ0) is 16.0. The van der Waals surface area contributed by atoms with E-state index in [2.05, 4.69) is 5.32 Å². The van der Waals surface area contributed by atoms with Crippen molar-refractivity contribution in [1.29, 1.82) is 0 Å². The maximum atomic E-state index is 12.1. The molecule has 2 N–H and O–H groups in total. The van der Waals surface area contributed by atoms with Crippen LogP contribution < -0.4 is 10.1 Å². The highest BCUT2D eigenvalue weighted by molar-refractivity contribution is 6.32. The van der Waals surface area contributed by atoms with E-state index in [1.165, 1.54) is 0 Å². The van der Waals surface area contributed by atoms with Crippen LogP contribution in [0.3, 0.4) is 0 Å². The number of para-hydroxylation sites is 1. The van der Waals surface area contributed by atoms with Crippen molar-refractivity contribution in [2.75, 3.05) is 0 Å². The van der Waals surface area contributed by atoms with Crippen LogP contribution in [0.25, 0.3) is 0 Å². The van der Waals surface area contributed by atoms with Crippen molar-refractivity contribution < 1.29 is 19.4 Å². The molecular weight excluding hydrogens is 294 g/mol. The molecule has 0 heterocycles. The first-order valence-corrected chi connectivity index (χ1v) is 7.19. The van der Waals surface area contributed by atoms with Crippen molar-refractivity contribution in [3.8, 4) is 5.75 Å². The average Bonchev–Trinajstić information content (AvgIpc) is 2.45. The highest BCUT2D eigenvalue weighted by atomic mass is 35.5. The van der Waals surface area contributed by atoms with Gasteiger partial charge in [0, 0.05) is 0 Å². The van der Waals surface area contributed by atoms with Gasteiger partial charge >= 0.3 is 5.97 Å². The van der Waals surface area contributed by atoms with Gasteiger partial charge in [0.1, 0.15) is 11.8 Å². The Kier molecular flexibility index (Phi) is 6.49. The first kappa shape index (κ1) is 17.3. The fraction of sp³-hybridized carbons (Fsp3) is 0.467. The van der Waals surface area contributed by atoms with E-state index in [4.69, 9.17) is 21.4 Å². The number of carboxylic acid groups (broad SMARTS) is 1. The molecule has 1 aromatic carbocycles. The number of rotatable bonds is 7. The van der Waals surface area contributed by atoms with E-state index in [1.54, 1.807) is 38.1 Å². The number of hydrogen-bond acceptors (Lipinski definition) is 3. The van der Waals surface area contributed by atoms with Gasteiger partial charge in [-0.1, -0.05) is 44.0 Å². The SMILES string of the molecule is CCC(C)[C@H](NC(=O)C(C)Oc1ccccc1Cl)C(=O)O. The molecule has 2 unspecified atom stereocenters. The van der Waals surface area contributed by atoms with Crippen molar-refractivity contribution in [3.63, 3.8) is 0 Å². The van der Waals surface area contributed by atoms with Gasteiger partial charge < -0.3 is 15.2 Å². The van der Waals surface area contributed by atoms with Gasteiger partial charge in [-0.3, -0.25) is 4.79 Å². The van der Waals surface area contributed by atoms with Crippen molar-refractivity contribution >= 4 is 23.5 Å². The zero-order valence-electron chi connectivity index (χ0n) is 12.3. The molecule has 0 aliphatic rings. The smallest absolute Gasteiger partial charge is 0.326 e. The third-order valence-electron chi connectivity index (χ3n) is 3.29. The maximum Gasteiger partial charge on any atom is 0.326 e. The topological polar surface area (TPSA) is 75.6 Å². The van der Waals surface area contributed by atoms with Crippen LogP contribution in [0, 0.1) is 5.92 Å². The fourth-order valence-corrected chi connectivity index (χ4v) is 1.92. The van der Waals surface area contributed by atoms with Crippen LogP contribution in [0.1, 0.15) is 27.2 Å². The molecule has 0 radical (unpaired) electrons. The van der Waals surface area contributed by atoms with Crippen LogP contribution in [0.15, 0.2) is 24.3 Å². The van der Waals surface area contributed by atoms with E-state index in [9.17, 15) is 9.59 Å². The van der Waals surface area contributed by atoms with Gasteiger partial charge in [0.05, 0.1) is 5.02 Å². The van der Waals surface area contributed by atoms with E-state index < -0.39 is 24.0 Å². The summed E-state index contributed by atoms with van der Waals surface area (Å²) in [4.78, 5) is 23.2. The summed E-state index contributed by atoms with van der Waals surface area (Å²) in [5.41, 5.74) is 0. The van der Waals surface area contributed by atoms with E-state index in [0.29, 0.717) is 17.2 Å². The Morgan fingerprint density at radius 3 is 2.48 bits per heavy atom. The Bertz CT molecular complexity index is 506. The summed E-state index contributed by atoms with van der Waals surface area (Å²) in [5.74, 6) is -1.32. The van der Waals surface area contributed by atoms with Crippen LogP contribution in [0.5, 0.6) is 5.75 Å². The Morgan fingerprint density at radius 2 is 1.95 bits per heavy atom. The summed E-state index contributed by atoms with van der Waals surface area (Å²) in [6, 6.07) is 5.87. The molecule has 0 fully saturated rings. The minimum atomic E-state index is -1.05. The van der Waals surface area contributed by atoms with Gasteiger partial charge in [-0.05, 0) is 25.0 Å². The average molecular weight is 314 g/mol. The number of aliphatic carboxylic acids is 1. The lowest BCUT2D eigenvalue weighted by Crippen LogP contribution is -2.49. The third-order valence-corrected chi connectivity index (χ3v) is 3.60. The number of ether oxygens (including phenoxy) is 1. The Labute approximate surface area is 129 Å². The maximum absolute atomic E-state index is 12.1. The zero-order valence-corrected chi connectivity index (χ0v) is 13.1. The third kappa shape index (κ3) is 4.93. The predicted molar refractivity (Wildman–Crippen MR) is 80.6 cm³/mol. The predicted octanol–water partition coefficient (Wildman–Crippen LogP) is 2.72. The Morgan fingerprint density at radius 1 is 1.33 bits per heavy atom. The van der Waals surface area contributed by atoms with Crippen molar-refractivity contribution in [1.82, 2.24) is 5.32 Å². The summed E-state index contributed by atoms with van der Waals surface area (Å²) >= 11 is 5.95. The molecule has 0 aromatic heterocycles. The number of nitrogens with one attached hydrogen (secondary N) is 1. The van der Waals surface area contributed by atoms with E-state index in [1.807, 2.05) is 6.92 Å². The molecule has 0 bridgehead atoms. The summed E-state index contributed by atoms with van der Waals surface area (Å²) in [7, 11) is 0. The number of amides is 1. The highest BCUT2D eigenvalue weighted by Gasteiger charge is 2.28. The molecule has 116 valence electrons. The van der Waals surface area contributed by atoms with Crippen LogP contribution in [0.2, 0.25) is 5.02 Å². The number of carbonyl (C=O) groups excluding carboxylic acids is 1. The molecule has 1 amide bonds. The van der Waals surface area contributed by atoms with Gasteiger partial charge in [-0.15, -0.1) is 0 Å². The summed E-state index contributed by atoms with van der Waals surface area (Å²) in [5, 5.41) is 12.1. The Balaban J connectivity index is 2.70. The Hall–Kier alpha value is -1.75. The molecule has 6 heteroatoms. The molecule has 0 aliphatic heterocycles. The van der Waals surface area contributed by atoms with Crippen LogP contribution in [-0.4, -0.2) is 29.1 Å². The van der Waals surface area contributed by atoms with Crippen LogP contribution in [-0.2, 0) is 9.59 Å². The van der Waals surface area contributed by atoms with Crippen molar-refractivity contribution in [3.05, 3.63) is 29.3 Å². The number of halogens is 1. The number of hydrogen-bond donors (Lipinski definition) is 2. The fourth-order valence-electron chi connectivity index (χ4n) is 1.74. The lowest BCUT2D eigenvalue weighted by atomic mass is 9.99. The summed E-state index contributed by atoms with van der Waals surface area (Å²) in [6.07, 6.45) is -0.187. The molecule has 0 saturated heterocycles. The van der Waals surface area contributed by atoms with Gasteiger partial charge in [-0.2, -0.15) is 0 Å². The molecule has 0 saturated carbocycles. The van der Waals surface area contributed by atoms with E-state index in [0.717, 1.165) is 0 Å².